The molecule has 0 amide bonds. The summed E-state index contributed by atoms with van der Waals surface area (Å²) in [6, 6.07) is 1.39. The minimum absolute atomic E-state index is 0.693. The zero-order valence-corrected chi connectivity index (χ0v) is 11.9. The van der Waals surface area contributed by atoms with Crippen molar-refractivity contribution in [2.45, 2.75) is 65.5 Å². The highest BCUT2D eigenvalue weighted by molar-refractivity contribution is 5.74. The highest BCUT2D eigenvalue weighted by Crippen LogP contribution is 2.23. The van der Waals surface area contributed by atoms with Crippen LogP contribution in [-0.2, 0) is 0 Å². The average Bonchev–Trinajstić information content (AvgIpc) is 2.26. The Bertz CT molecular complexity index is 273. The van der Waals surface area contributed by atoms with Crippen LogP contribution in [0.5, 0.6) is 0 Å². The third kappa shape index (κ3) is 2.93. The van der Waals surface area contributed by atoms with Crippen molar-refractivity contribution in [3.05, 3.63) is 0 Å². The SMILES string of the molecule is CC(C)=[N+](C)[C@H]1CCCC[C@@H]1[N+](C)=C(C)C. The first-order valence-electron chi connectivity index (χ1n) is 6.51. The molecule has 1 fully saturated rings. The molecule has 0 spiro atoms. The van der Waals surface area contributed by atoms with Crippen LogP contribution in [0.15, 0.2) is 0 Å². The molecule has 0 N–H and O–H groups in total. The molecule has 0 aromatic carbocycles. The normalized spacial score (nSPS) is 25.1. The van der Waals surface area contributed by atoms with E-state index in [2.05, 4.69) is 50.9 Å². The second-order valence-electron chi connectivity index (χ2n) is 5.54. The zero-order valence-electron chi connectivity index (χ0n) is 11.9. The highest BCUT2D eigenvalue weighted by Gasteiger charge is 2.38. The Morgan fingerprint density at radius 1 is 0.750 bits per heavy atom. The lowest BCUT2D eigenvalue weighted by atomic mass is 9.89. The van der Waals surface area contributed by atoms with Crippen molar-refractivity contribution in [2.75, 3.05) is 14.1 Å². The first-order chi connectivity index (χ1) is 7.45. The summed E-state index contributed by atoms with van der Waals surface area (Å²) in [6.45, 7) is 8.87. The molecular weight excluding hydrogens is 196 g/mol. The molecule has 0 bridgehead atoms. The summed E-state index contributed by atoms with van der Waals surface area (Å²) in [5.74, 6) is 0. The van der Waals surface area contributed by atoms with E-state index in [9.17, 15) is 0 Å². The van der Waals surface area contributed by atoms with Crippen molar-refractivity contribution in [1.29, 1.82) is 0 Å². The molecule has 1 aliphatic rings. The molecule has 16 heavy (non-hydrogen) atoms. The first kappa shape index (κ1) is 13.4. The maximum atomic E-state index is 2.48. The van der Waals surface area contributed by atoms with E-state index in [1.165, 1.54) is 37.1 Å². The van der Waals surface area contributed by atoms with Gasteiger partial charge in [0.05, 0.1) is 0 Å². The number of nitrogens with zero attached hydrogens (tertiary/aromatic N) is 2. The van der Waals surface area contributed by atoms with Crippen molar-refractivity contribution in [3.8, 4) is 0 Å². The molecule has 0 aliphatic heterocycles. The van der Waals surface area contributed by atoms with Crippen molar-refractivity contribution in [2.24, 2.45) is 0 Å². The molecule has 0 radical (unpaired) electrons. The average molecular weight is 224 g/mol. The van der Waals surface area contributed by atoms with Gasteiger partial charge >= 0.3 is 0 Å². The van der Waals surface area contributed by atoms with Gasteiger partial charge in [0.1, 0.15) is 25.5 Å². The quantitative estimate of drug-likeness (QED) is 0.502. The van der Waals surface area contributed by atoms with Crippen molar-refractivity contribution in [1.82, 2.24) is 0 Å². The maximum absolute atomic E-state index is 2.48. The summed E-state index contributed by atoms with van der Waals surface area (Å²) < 4.78 is 4.95. The summed E-state index contributed by atoms with van der Waals surface area (Å²) in [4.78, 5) is 0. The van der Waals surface area contributed by atoms with Gasteiger partial charge in [0.25, 0.3) is 0 Å². The van der Waals surface area contributed by atoms with E-state index in [1.54, 1.807) is 0 Å². The van der Waals surface area contributed by atoms with Crippen molar-refractivity contribution in [3.63, 3.8) is 0 Å². The fourth-order valence-electron chi connectivity index (χ4n) is 2.66. The Morgan fingerprint density at radius 2 is 1.06 bits per heavy atom. The molecule has 2 nitrogen and oxygen atoms in total. The van der Waals surface area contributed by atoms with Crippen LogP contribution in [0.2, 0.25) is 0 Å². The number of hydrogen-bond donors (Lipinski definition) is 0. The van der Waals surface area contributed by atoms with Crippen LogP contribution in [0, 0.1) is 0 Å². The maximum Gasteiger partial charge on any atom is 0.212 e. The van der Waals surface area contributed by atoms with Gasteiger partial charge in [0.2, 0.25) is 12.1 Å². The van der Waals surface area contributed by atoms with Crippen LogP contribution in [0.3, 0.4) is 0 Å². The van der Waals surface area contributed by atoms with E-state index in [1.807, 2.05) is 0 Å². The fourth-order valence-corrected chi connectivity index (χ4v) is 2.66. The molecule has 1 saturated carbocycles. The molecule has 0 heterocycles. The van der Waals surface area contributed by atoms with Crippen LogP contribution >= 0.6 is 0 Å². The summed E-state index contributed by atoms with van der Waals surface area (Å²) in [7, 11) is 4.49. The molecule has 0 aromatic rings. The Balaban J connectivity index is 2.97. The van der Waals surface area contributed by atoms with Crippen molar-refractivity contribution < 1.29 is 9.15 Å². The van der Waals surface area contributed by atoms with Crippen LogP contribution in [-0.4, -0.2) is 46.8 Å². The summed E-state index contributed by atoms with van der Waals surface area (Å²) >= 11 is 0. The summed E-state index contributed by atoms with van der Waals surface area (Å²) in [5, 5.41) is 0. The molecule has 2 heteroatoms. The van der Waals surface area contributed by atoms with Crippen molar-refractivity contribution >= 4 is 11.4 Å². The second-order valence-corrected chi connectivity index (χ2v) is 5.54. The molecule has 1 aliphatic carbocycles. The van der Waals surface area contributed by atoms with Gasteiger partial charge in [-0.15, -0.1) is 0 Å². The smallest absolute Gasteiger partial charge is 0.212 e. The second kappa shape index (κ2) is 5.60. The number of likely N-dealkylation sites (N-methyl/N-ethyl adjacent to an activating group) is 2. The third-order valence-corrected chi connectivity index (χ3v) is 4.10. The molecule has 0 unspecified atom stereocenters. The van der Waals surface area contributed by atoms with Gasteiger partial charge in [0.15, 0.2) is 0 Å². The fraction of sp³-hybridized carbons (Fsp3) is 0.857. The lowest BCUT2D eigenvalue weighted by Crippen LogP contribution is -2.46. The summed E-state index contributed by atoms with van der Waals surface area (Å²) in [5.41, 5.74) is 2.86. The van der Waals surface area contributed by atoms with E-state index in [0.717, 1.165) is 0 Å². The lowest BCUT2D eigenvalue weighted by molar-refractivity contribution is -0.636. The summed E-state index contributed by atoms with van der Waals surface area (Å²) in [6.07, 6.45) is 5.44. The predicted molar refractivity (Wildman–Crippen MR) is 71.1 cm³/mol. The molecule has 2 atom stereocenters. The lowest BCUT2D eigenvalue weighted by Gasteiger charge is -2.26. The van der Waals surface area contributed by atoms with Gasteiger partial charge in [-0.1, -0.05) is 0 Å². The van der Waals surface area contributed by atoms with Crippen LogP contribution in [0.4, 0.5) is 0 Å². The number of rotatable bonds is 2. The minimum atomic E-state index is 0.693. The van der Waals surface area contributed by atoms with Gasteiger partial charge in [-0.3, -0.25) is 0 Å². The monoisotopic (exact) mass is 224 g/mol. The van der Waals surface area contributed by atoms with Gasteiger partial charge in [-0.2, -0.15) is 0 Å². The largest absolute Gasteiger partial charge is 0.231 e. The van der Waals surface area contributed by atoms with E-state index in [-0.39, 0.29) is 0 Å². The van der Waals surface area contributed by atoms with E-state index >= 15 is 0 Å². The third-order valence-electron chi connectivity index (χ3n) is 4.10. The Labute approximate surface area is 101 Å². The predicted octanol–water partition coefficient (Wildman–Crippen LogP) is 2.54. The molecule has 92 valence electrons. The first-order valence-corrected chi connectivity index (χ1v) is 6.51. The van der Waals surface area contributed by atoms with E-state index in [4.69, 9.17) is 0 Å². The van der Waals surface area contributed by atoms with Gasteiger partial charge in [0, 0.05) is 40.5 Å². The van der Waals surface area contributed by atoms with Gasteiger partial charge < -0.3 is 0 Å². The molecule has 1 rings (SSSR count). The molecular formula is C14H28N2+2. The Kier molecular flexibility index (Phi) is 4.69. The molecule has 0 aromatic heterocycles. The van der Waals surface area contributed by atoms with Crippen LogP contribution in [0.1, 0.15) is 53.4 Å². The number of hydrogen-bond acceptors (Lipinski definition) is 0. The highest BCUT2D eigenvalue weighted by atomic mass is 15.1. The van der Waals surface area contributed by atoms with Crippen LogP contribution in [0.25, 0.3) is 0 Å². The zero-order chi connectivity index (χ0) is 12.3. The van der Waals surface area contributed by atoms with E-state index in [0.29, 0.717) is 12.1 Å². The molecule has 0 saturated heterocycles. The Hall–Kier alpha value is -0.660. The van der Waals surface area contributed by atoms with Crippen LogP contribution < -0.4 is 0 Å². The van der Waals surface area contributed by atoms with E-state index < -0.39 is 0 Å². The Morgan fingerprint density at radius 3 is 1.31 bits per heavy atom. The van der Waals surface area contributed by atoms with Gasteiger partial charge in [-0.05, 0) is 12.8 Å². The topological polar surface area (TPSA) is 6.02 Å². The minimum Gasteiger partial charge on any atom is -0.231 e. The van der Waals surface area contributed by atoms with Gasteiger partial charge in [-0.25, -0.2) is 9.15 Å². The standard InChI is InChI=1S/C14H28N2/c1-11(2)15(5)13-9-7-8-10-14(13)16(6)12(3)4/h13-14H,7-10H2,1-6H3/q+2/t13-,14-/m0/s1.